The molecule has 2 aliphatic rings. The molecule has 4 atom stereocenters. The van der Waals surface area contributed by atoms with Gasteiger partial charge in [-0.1, -0.05) is 13.8 Å². The summed E-state index contributed by atoms with van der Waals surface area (Å²) in [6.45, 7) is 12.5. The number of nitrogens with zero attached hydrogens (tertiary/aromatic N) is 2. The maximum atomic E-state index is 12.6. The number of hydrogen-bond donors (Lipinski definition) is 1. The number of morpholine rings is 1. The Morgan fingerprint density at radius 3 is 2.38 bits per heavy atom. The van der Waals surface area contributed by atoms with Crippen LogP contribution >= 0.6 is 0 Å². The van der Waals surface area contributed by atoms with Crippen LogP contribution in [0.3, 0.4) is 0 Å². The molecule has 0 saturated carbocycles. The lowest BCUT2D eigenvalue weighted by Crippen LogP contribution is -2.59. The van der Waals surface area contributed by atoms with E-state index in [9.17, 15) is 4.79 Å². The second kappa shape index (κ2) is 7.56. The van der Waals surface area contributed by atoms with Crippen LogP contribution in [0.5, 0.6) is 0 Å². The molecule has 0 aromatic carbocycles. The van der Waals surface area contributed by atoms with Gasteiger partial charge in [0.2, 0.25) is 5.91 Å². The first kappa shape index (κ1) is 16.7. The number of ether oxygens (including phenoxy) is 1. The SMILES string of the molecule is CCC1CN(CC(=O)N2CC(C)OC(C)C2)C(CC)CN1. The highest BCUT2D eigenvalue weighted by Gasteiger charge is 2.31. The minimum atomic E-state index is 0.145. The molecule has 2 rings (SSSR count). The first-order valence-corrected chi connectivity index (χ1v) is 8.44. The Kier molecular flexibility index (Phi) is 6.02. The van der Waals surface area contributed by atoms with Gasteiger partial charge in [-0.25, -0.2) is 0 Å². The first-order chi connectivity index (χ1) is 10.0. The molecular formula is C16H31N3O2. The molecule has 0 aromatic heterocycles. The van der Waals surface area contributed by atoms with Crippen molar-refractivity contribution in [2.24, 2.45) is 0 Å². The molecule has 0 bridgehead atoms. The van der Waals surface area contributed by atoms with Crippen molar-refractivity contribution >= 4 is 5.91 Å². The monoisotopic (exact) mass is 297 g/mol. The van der Waals surface area contributed by atoms with Crippen LogP contribution in [0.1, 0.15) is 40.5 Å². The van der Waals surface area contributed by atoms with Crippen molar-refractivity contribution < 1.29 is 9.53 Å². The van der Waals surface area contributed by atoms with Crippen LogP contribution in [0.4, 0.5) is 0 Å². The molecule has 2 saturated heterocycles. The Bertz CT molecular complexity index is 340. The summed E-state index contributed by atoms with van der Waals surface area (Å²) >= 11 is 0. The van der Waals surface area contributed by atoms with Crippen molar-refractivity contribution in [3.63, 3.8) is 0 Å². The summed E-state index contributed by atoms with van der Waals surface area (Å²) in [4.78, 5) is 17.0. The third-order valence-corrected chi connectivity index (χ3v) is 4.69. The Hall–Kier alpha value is -0.650. The van der Waals surface area contributed by atoms with Gasteiger partial charge in [0.1, 0.15) is 0 Å². The molecule has 2 heterocycles. The summed E-state index contributed by atoms with van der Waals surface area (Å²) in [7, 11) is 0. The van der Waals surface area contributed by atoms with E-state index in [1.165, 1.54) is 0 Å². The molecule has 2 fully saturated rings. The molecule has 0 radical (unpaired) electrons. The number of hydrogen-bond acceptors (Lipinski definition) is 4. The smallest absolute Gasteiger partial charge is 0.236 e. The average molecular weight is 297 g/mol. The second-order valence-corrected chi connectivity index (χ2v) is 6.56. The summed E-state index contributed by atoms with van der Waals surface area (Å²) in [5, 5.41) is 3.58. The molecule has 5 nitrogen and oxygen atoms in total. The largest absolute Gasteiger partial charge is 0.372 e. The van der Waals surface area contributed by atoms with Gasteiger partial charge in [-0.15, -0.1) is 0 Å². The van der Waals surface area contributed by atoms with Crippen molar-refractivity contribution in [3.05, 3.63) is 0 Å². The van der Waals surface area contributed by atoms with Crippen LogP contribution < -0.4 is 5.32 Å². The lowest BCUT2D eigenvalue weighted by molar-refractivity contribution is -0.145. The van der Waals surface area contributed by atoms with Crippen molar-refractivity contribution in [2.75, 3.05) is 32.7 Å². The molecule has 4 unspecified atom stereocenters. The van der Waals surface area contributed by atoms with Crippen molar-refractivity contribution in [1.82, 2.24) is 15.1 Å². The third-order valence-electron chi connectivity index (χ3n) is 4.69. The molecule has 0 spiro atoms. The fourth-order valence-electron chi connectivity index (χ4n) is 3.45. The molecule has 1 N–H and O–H groups in total. The van der Waals surface area contributed by atoms with Crippen LogP contribution in [0.15, 0.2) is 0 Å². The van der Waals surface area contributed by atoms with Gasteiger partial charge in [0.05, 0.1) is 18.8 Å². The number of carbonyl (C=O) groups is 1. The van der Waals surface area contributed by atoms with E-state index < -0.39 is 0 Å². The van der Waals surface area contributed by atoms with E-state index in [4.69, 9.17) is 4.74 Å². The third kappa shape index (κ3) is 4.41. The fraction of sp³-hybridized carbons (Fsp3) is 0.938. The van der Waals surface area contributed by atoms with Crippen LogP contribution in [0.25, 0.3) is 0 Å². The first-order valence-electron chi connectivity index (χ1n) is 8.44. The molecule has 0 aromatic rings. The minimum absolute atomic E-state index is 0.145. The number of piperazine rings is 1. The van der Waals surface area contributed by atoms with Gasteiger partial charge >= 0.3 is 0 Å². The predicted molar refractivity (Wildman–Crippen MR) is 84.3 cm³/mol. The van der Waals surface area contributed by atoms with E-state index in [-0.39, 0.29) is 18.1 Å². The van der Waals surface area contributed by atoms with E-state index in [1.54, 1.807) is 0 Å². The zero-order valence-electron chi connectivity index (χ0n) is 14.0. The van der Waals surface area contributed by atoms with Gasteiger partial charge in [-0.3, -0.25) is 9.69 Å². The summed E-state index contributed by atoms with van der Waals surface area (Å²) in [5.41, 5.74) is 0. The number of carbonyl (C=O) groups excluding carboxylic acids is 1. The fourth-order valence-corrected chi connectivity index (χ4v) is 3.45. The maximum Gasteiger partial charge on any atom is 0.236 e. The van der Waals surface area contributed by atoms with Crippen LogP contribution in [0.2, 0.25) is 0 Å². The van der Waals surface area contributed by atoms with Crippen molar-refractivity contribution in [1.29, 1.82) is 0 Å². The van der Waals surface area contributed by atoms with Gasteiger partial charge < -0.3 is 15.0 Å². The summed E-state index contributed by atoms with van der Waals surface area (Å²) < 4.78 is 5.72. The zero-order valence-corrected chi connectivity index (χ0v) is 14.0. The van der Waals surface area contributed by atoms with E-state index in [0.29, 0.717) is 18.6 Å². The normalized spacial score (nSPS) is 35.0. The second-order valence-electron chi connectivity index (χ2n) is 6.56. The van der Waals surface area contributed by atoms with Crippen LogP contribution in [0, 0.1) is 0 Å². The quantitative estimate of drug-likeness (QED) is 0.843. The summed E-state index contributed by atoms with van der Waals surface area (Å²) in [6.07, 6.45) is 2.50. The molecule has 1 amide bonds. The molecule has 5 heteroatoms. The molecule has 2 aliphatic heterocycles. The van der Waals surface area contributed by atoms with Gasteiger partial charge in [-0.2, -0.15) is 0 Å². The van der Waals surface area contributed by atoms with E-state index in [0.717, 1.165) is 39.0 Å². The Morgan fingerprint density at radius 1 is 1.14 bits per heavy atom. The van der Waals surface area contributed by atoms with Crippen LogP contribution in [-0.2, 0) is 9.53 Å². The van der Waals surface area contributed by atoms with Gasteiger partial charge in [0, 0.05) is 38.3 Å². The highest BCUT2D eigenvalue weighted by Crippen LogP contribution is 2.15. The van der Waals surface area contributed by atoms with Crippen molar-refractivity contribution in [2.45, 2.75) is 64.8 Å². The molecule has 122 valence electrons. The highest BCUT2D eigenvalue weighted by atomic mass is 16.5. The number of nitrogens with one attached hydrogen (secondary N) is 1. The van der Waals surface area contributed by atoms with Gasteiger partial charge in [0.25, 0.3) is 0 Å². The topological polar surface area (TPSA) is 44.8 Å². The standard InChI is InChI=1S/C16H31N3O2/c1-5-14-10-18(15(6-2)7-17-14)11-16(20)19-8-12(3)21-13(4)9-19/h12-15,17H,5-11H2,1-4H3. The van der Waals surface area contributed by atoms with Crippen LogP contribution in [-0.4, -0.2) is 72.7 Å². The van der Waals surface area contributed by atoms with Crippen molar-refractivity contribution in [3.8, 4) is 0 Å². The predicted octanol–water partition coefficient (Wildman–Crippen LogP) is 1.08. The average Bonchev–Trinajstić information content (AvgIpc) is 2.46. The highest BCUT2D eigenvalue weighted by molar-refractivity contribution is 5.78. The molecule has 0 aliphatic carbocycles. The lowest BCUT2D eigenvalue weighted by Gasteiger charge is -2.41. The summed E-state index contributed by atoms with van der Waals surface area (Å²) in [5.74, 6) is 0.257. The van der Waals surface area contributed by atoms with Gasteiger partial charge in [-0.05, 0) is 26.7 Å². The zero-order chi connectivity index (χ0) is 15.4. The van der Waals surface area contributed by atoms with E-state index in [2.05, 4.69) is 24.1 Å². The summed E-state index contributed by atoms with van der Waals surface area (Å²) in [6, 6.07) is 0.996. The lowest BCUT2D eigenvalue weighted by atomic mass is 10.1. The minimum Gasteiger partial charge on any atom is -0.372 e. The van der Waals surface area contributed by atoms with E-state index in [1.807, 2.05) is 18.7 Å². The molecular weight excluding hydrogens is 266 g/mol. The van der Waals surface area contributed by atoms with E-state index >= 15 is 0 Å². The Labute approximate surface area is 129 Å². The van der Waals surface area contributed by atoms with Gasteiger partial charge in [0.15, 0.2) is 0 Å². The Morgan fingerprint density at radius 2 is 1.81 bits per heavy atom. The number of amides is 1. The maximum absolute atomic E-state index is 12.6. The number of rotatable bonds is 4. The Balaban J connectivity index is 1.93. The molecule has 21 heavy (non-hydrogen) atoms.